The molecule has 2 rings (SSSR count). The minimum Gasteiger partial charge on any atom is -0.386 e. The van der Waals surface area contributed by atoms with Crippen molar-refractivity contribution >= 4 is 11.6 Å². The molecule has 0 saturated heterocycles. The summed E-state index contributed by atoms with van der Waals surface area (Å²) in [5.41, 5.74) is 0.870. The second-order valence-electron chi connectivity index (χ2n) is 3.59. The number of benzene rings is 1. The van der Waals surface area contributed by atoms with Crippen LogP contribution in [0.3, 0.4) is 0 Å². The van der Waals surface area contributed by atoms with E-state index in [-0.39, 0.29) is 6.42 Å². The minimum absolute atomic E-state index is 0.153. The maximum absolute atomic E-state index is 13.5. The van der Waals surface area contributed by atoms with E-state index < -0.39 is 11.9 Å². The third kappa shape index (κ3) is 2.99. The first-order valence-corrected chi connectivity index (χ1v) is 5.42. The molecule has 1 N–H and O–H groups in total. The van der Waals surface area contributed by atoms with Gasteiger partial charge in [0.1, 0.15) is 18.2 Å². The van der Waals surface area contributed by atoms with Crippen LogP contribution in [0, 0.1) is 5.82 Å². The molecule has 0 saturated carbocycles. The van der Waals surface area contributed by atoms with E-state index >= 15 is 0 Å². The number of aliphatic hydroxyl groups is 1. The Morgan fingerprint density at radius 2 is 2.18 bits per heavy atom. The monoisotopic (exact) mass is 252 g/mol. The van der Waals surface area contributed by atoms with Gasteiger partial charge in [-0.05, 0) is 23.8 Å². The van der Waals surface area contributed by atoms with Crippen molar-refractivity contribution in [3.63, 3.8) is 0 Å². The lowest BCUT2D eigenvalue weighted by Gasteiger charge is -2.10. The Bertz CT molecular complexity index is 507. The Balaban J connectivity index is 2.16. The van der Waals surface area contributed by atoms with Crippen molar-refractivity contribution in [2.24, 2.45) is 0 Å². The van der Waals surface area contributed by atoms with Crippen LogP contribution in [-0.4, -0.2) is 15.1 Å². The number of aromatic nitrogens is 2. The van der Waals surface area contributed by atoms with Gasteiger partial charge < -0.3 is 5.11 Å². The van der Waals surface area contributed by atoms with Crippen LogP contribution in [0.25, 0.3) is 0 Å². The number of hydrogen-bond acceptors (Lipinski definition) is 3. The highest BCUT2D eigenvalue weighted by atomic mass is 35.5. The first-order valence-electron chi connectivity index (χ1n) is 5.04. The average Bonchev–Trinajstić information content (AvgIpc) is 2.34. The van der Waals surface area contributed by atoms with Crippen molar-refractivity contribution in [3.8, 4) is 0 Å². The first-order chi connectivity index (χ1) is 8.16. The second-order valence-corrected chi connectivity index (χ2v) is 4.03. The zero-order chi connectivity index (χ0) is 12.3. The summed E-state index contributed by atoms with van der Waals surface area (Å²) in [6.45, 7) is 0. The molecule has 3 nitrogen and oxygen atoms in total. The Kier molecular flexibility index (Phi) is 3.66. The van der Waals surface area contributed by atoms with Crippen molar-refractivity contribution in [1.29, 1.82) is 0 Å². The highest BCUT2D eigenvalue weighted by molar-refractivity contribution is 6.30. The molecule has 1 aromatic heterocycles. The Morgan fingerprint density at radius 3 is 2.82 bits per heavy atom. The van der Waals surface area contributed by atoms with E-state index in [0.29, 0.717) is 16.3 Å². The highest BCUT2D eigenvalue weighted by Crippen LogP contribution is 2.20. The molecule has 1 aromatic carbocycles. The molecule has 2 aromatic rings. The summed E-state index contributed by atoms with van der Waals surface area (Å²) in [6.07, 6.45) is 2.18. The van der Waals surface area contributed by atoms with Crippen LogP contribution in [0.4, 0.5) is 4.39 Å². The second kappa shape index (κ2) is 5.21. The van der Waals surface area contributed by atoms with Crippen molar-refractivity contribution in [2.45, 2.75) is 12.5 Å². The molecule has 0 bridgehead atoms. The van der Waals surface area contributed by atoms with Crippen molar-refractivity contribution in [2.75, 3.05) is 0 Å². The molecule has 88 valence electrons. The van der Waals surface area contributed by atoms with Gasteiger partial charge in [-0.3, -0.25) is 0 Å². The molecular weight excluding hydrogens is 243 g/mol. The zero-order valence-corrected chi connectivity index (χ0v) is 9.60. The number of aliphatic hydroxyl groups excluding tert-OH is 1. The minimum atomic E-state index is -0.853. The molecule has 0 fully saturated rings. The Morgan fingerprint density at radius 1 is 1.35 bits per heavy atom. The van der Waals surface area contributed by atoms with Crippen LogP contribution in [-0.2, 0) is 6.42 Å². The van der Waals surface area contributed by atoms with E-state index in [9.17, 15) is 9.50 Å². The summed E-state index contributed by atoms with van der Waals surface area (Å²) >= 11 is 5.65. The summed E-state index contributed by atoms with van der Waals surface area (Å²) < 4.78 is 13.5. The van der Waals surface area contributed by atoms with E-state index in [1.54, 1.807) is 18.2 Å². The van der Waals surface area contributed by atoms with Gasteiger partial charge in [-0.2, -0.15) is 0 Å². The van der Waals surface area contributed by atoms with E-state index in [1.807, 2.05) is 0 Å². The van der Waals surface area contributed by atoms with Gasteiger partial charge in [0.2, 0.25) is 0 Å². The summed E-state index contributed by atoms with van der Waals surface area (Å²) in [5, 5.41) is 10.2. The summed E-state index contributed by atoms with van der Waals surface area (Å²) in [6, 6.07) is 5.97. The Hall–Kier alpha value is -1.52. The van der Waals surface area contributed by atoms with Gasteiger partial charge in [-0.15, -0.1) is 0 Å². The fourth-order valence-corrected chi connectivity index (χ4v) is 1.66. The van der Waals surface area contributed by atoms with Crippen LogP contribution >= 0.6 is 11.6 Å². The Labute approximate surface area is 103 Å². The van der Waals surface area contributed by atoms with Crippen molar-refractivity contribution < 1.29 is 9.50 Å². The number of halogens is 2. The van der Waals surface area contributed by atoms with E-state index in [4.69, 9.17) is 11.6 Å². The maximum atomic E-state index is 13.5. The van der Waals surface area contributed by atoms with Gasteiger partial charge in [-0.25, -0.2) is 14.4 Å². The lowest BCUT2D eigenvalue weighted by Crippen LogP contribution is -2.05. The summed E-state index contributed by atoms with van der Waals surface area (Å²) in [5.74, 6) is -0.425. The molecule has 1 heterocycles. The standard InChI is InChI=1S/C12H10ClFN2O/c13-9-2-1-8(10(14)6-9)5-12(17)11-3-4-15-7-16-11/h1-4,6-7,12,17H,5H2. The molecule has 0 radical (unpaired) electrons. The fraction of sp³-hybridized carbons (Fsp3) is 0.167. The topological polar surface area (TPSA) is 46.0 Å². The van der Waals surface area contributed by atoms with Gasteiger partial charge in [0.25, 0.3) is 0 Å². The van der Waals surface area contributed by atoms with Crippen LogP contribution < -0.4 is 0 Å². The number of hydrogen-bond donors (Lipinski definition) is 1. The number of nitrogens with zero attached hydrogens (tertiary/aromatic N) is 2. The van der Waals surface area contributed by atoms with Gasteiger partial charge in [0.15, 0.2) is 0 Å². The molecular formula is C12H10ClFN2O. The molecule has 0 aliphatic carbocycles. The van der Waals surface area contributed by atoms with Gasteiger partial charge >= 0.3 is 0 Å². The van der Waals surface area contributed by atoms with E-state index in [1.165, 1.54) is 18.6 Å². The van der Waals surface area contributed by atoms with Crippen LogP contribution in [0.2, 0.25) is 5.02 Å². The SMILES string of the molecule is OC(Cc1ccc(Cl)cc1F)c1ccncn1. The van der Waals surface area contributed by atoms with Crippen LogP contribution in [0.15, 0.2) is 36.8 Å². The van der Waals surface area contributed by atoms with Crippen molar-refractivity contribution in [3.05, 3.63) is 58.9 Å². The van der Waals surface area contributed by atoms with Gasteiger partial charge in [0.05, 0.1) is 5.69 Å². The molecule has 5 heteroatoms. The van der Waals surface area contributed by atoms with E-state index in [0.717, 1.165) is 0 Å². The van der Waals surface area contributed by atoms with Crippen molar-refractivity contribution in [1.82, 2.24) is 9.97 Å². The highest BCUT2D eigenvalue weighted by Gasteiger charge is 2.12. The molecule has 1 unspecified atom stereocenters. The zero-order valence-electron chi connectivity index (χ0n) is 8.85. The molecule has 0 amide bonds. The molecule has 1 atom stereocenters. The molecule has 0 aliphatic rings. The quantitative estimate of drug-likeness (QED) is 0.913. The average molecular weight is 253 g/mol. The molecule has 0 spiro atoms. The molecule has 0 aliphatic heterocycles. The number of rotatable bonds is 3. The lowest BCUT2D eigenvalue weighted by atomic mass is 10.1. The van der Waals surface area contributed by atoms with Gasteiger partial charge in [0, 0.05) is 17.6 Å². The van der Waals surface area contributed by atoms with Crippen LogP contribution in [0.1, 0.15) is 17.4 Å². The molecule has 17 heavy (non-hydrogen) atoms. The van der Waals surface area contributed by atoms with Gasteiger partial charge in [-0.1, -0.05) is 17.7 Å². The fourth-order valence-electron chi connectivity index (χ4n) is 1.50. The predicted molar refractivity (Wildman–Crippen MR) is 62.1 cm³/mol. The largest absolute Gasteiger partial charge is 0.386 e. The van der Waals surface area contributed by atoms with E-state index in [2.05, 4.69) is 9.97 Å². The van der Waals surface area contributed by atoms with Crippen LogP contribution in [0.5, 0.6) is 0 Å². The first kappa shape index (κ1) is 12.0. The third-order valence-corrected chi connectivity index (χ3v) is 2.61. The lowest BCUT2D eigenvalue weighted by molar-refractivity contribution is 0.172. The normalized spacial score (nSPS) is 12.4. The third-order valence-electron chi connectivity index (χ3n) is 2.37. The smallest absolute Gasteiger partial charge is 0.127 e. The summed E-state index contributed by atoms with van der Waals surface area (Å²) in [7, 11) is 0. The predicted octanol–water partition coefficient (Wildman–Crippen LogP) is 2.55. The maximum Gasteiger partial charge on any atom is 0.127 e. The summed E-state index contributed by atoms with van der Waals surface area (Å²) in [4.78, 5) is 7.66.